The zero-order valence-corrected chi connectivity index (χ0v) is 10.2. The van der Waals surface area contributed by atoms with Crippen molar-refractivity contribution in [3.8, 4) is 0 Å². The first-order chi connectivity index (χ1) is 6.79. The molecule has 0 aromatic rings. The smallest absolute Gasteiger partial charge is 0.251 e. The van der Waals surface area contributed by atoms with Crippen molar-refractivity contribution in [3.63, 3.8) is 0 Å². The van der Waals surface area contributed by atoms with E-state index < -0.39 is 0 Å². The molecule has 1 heterocycles. The minimum atomic E-state index is 0. The summed E-state index contributed by atoms with van der Waals surface area (Å²) in [6.07, 6.45) is 2.78. The largest absolute Gasteiger partial charge is 0.336 e. The van der Waals surface area contributed by atoms with E-state index in [9.17, 15) is 4.79 Å². The lowest BCUT2D eigenvalue weighted by Crippen LogP contribution is -2.46. The predicted molar refractivity (Wildman–Crippen MR) is 63.4 cm³/mol. The highest BCUT2D eigenvalue weighted by atomic mass is 35.5. The van der Waals surface area contributed by atoms with Gasteiger partial charge in [-0.2, -0.15) is 0 Å². The highest BCUT2D eigenvalue weighted by molar-refractivity contribution is 6.32. The van der Waals surface area contributed by atoms with Crippen LogP contribution in [0, 0.1) is 0 Å². The molecule has 0 atom stereocenters. The number of rotatable bonds is 1. The van der Waals surface area contributed by atoms with Crippen LogP contribution in [0.15, 0.2) is 10.6 Å². The summed E-state index contributed by atoms with van der Waals surface area (Å²) >= 11 is 6.01. The molecule has 1 aliphatic carbocycles. The Balaban J connectivity index is 0.00000112. The average Bonchev–Trinajstić information content (AvgIpc) is 2.65. The minimum Gasteiger partial charge on any atom is -0.336 e. The lowest BCUT2D eigenvalue weighted by molar-refractivity contribution is -0.127. The third-order valence-corrected chi connectivity index (χ3v) is 3.23. The molecule has 3 nitrogen and oxygen atoms in total. The van der Waals surface area contributed by atoms with Crippen LogP contribution < -0.4 is 5.32 Å². The number of carbonyl (C=O) groups excluding carboxylic acids is 1. The predicted octanol–water partition coefficient (Wildman–Crippen LogP) is 1.52. The van der Waals surface area contributed by atoms with E-state index in [4.69, 9.17) is 11.6 Å². The highest BCUT2D eigenvalue weighted by Crippen LogP contribution is 2.30. The molecule has 1 aliphatic heterocycles. The standard InChI is InChI=1S/C10H15ClN2O.ClH/c11-9-3-1-2-8(9)10(14)13-6-4-12-5-7-13;/h12H,1-7H2;1H. The molecule has 0 spiro atoms. The van der Waals surface area contributed by atoms with Crippen molar-refractivity contribution in [2.24, 2.45) is 0 Å². The zero-order valence-electron chi connectivity index (χ0n) is 8.59. The molecule has 0 bridgehead atoms. The van der Waals surface area contributed by atoms with Crippen LogP contribution in [0.4, 0.5) is 0 Å². The molecule has 0 saturated carbocycles. The van der Waals surface area contributed by atoms with Gasteiger partial charge in [0.25, 0.3) is 5.91 Å². The van der Waals surface area contributed by atoms with E-state index in [2.05, 4.69) is 5.32 Å². The van der Waals surface area contributed by atoms with Crippen LogP contribution in [-0.2, 0) is 4.79 Å². The van der Waals surface area contributed by atoms with Crippen molar-refractivity contribution in [1.29, 1.82) is 0 Å². The number of halogens is 2. The van der Waals surface area contributed by atoms with E-state index in [0.29, 0.717) is 0 Å². The van der Waals surface area contributed by atoms with Crippen LogP contribution in [0.25, 0.3) is 0 Å². The van der Waals surface area contributed by atoms with Gasteiger partial charge < -0.3 is 10.2 Å². The number of hydrogen-bond acceptors (Lipinski definition) is 2. The van der Waals surface area contributed by atoms with Crippen molar-refractivity contribution in [2.45, 2.75) is 19.3 Å². The second-order valence-electron chi connectivity index (χ2n) is 3.78. The Kier molecular flexibility index (Phi) is 4.90. The van der Waals surface area contributed by atoms with Gasteiger partial charge in [0, 0.05) is 36.8 Å². The molecule has 2 rings (SSSR count). The van der Waals surface area contributed by atoms with Crippen molar-refractivity contribution < 1.29 is 4.79 Å². The number of nitrogens with zero attached hydrogens (tertiary/aromatic N) is 1. The van der Waals surface area contributed by atoms with E-state index in [1.807, 2.05) is 4.90 Å². The summed E-state index contributed by atoms with van der Waals surface area (Å²) < 4.78 is 0. The van der Waals surface area contributed by atoms with Gasteiger partial charge in [-0.25, -0.2) is 0 Å². The third-order valence-electron chi connectivity index (χ3n) is 2.81. The van der Waals surface area contributed by atoms with Gasteiger partial charge in [0.05, 0.1) is 0 Å². The fourth-order valence-corrected chi connectivity index (χ4v) is 2.30. The number of carbonyl (C=O) groups is 1. The van der Waals surface area contributed by atoms with Gasteiger partial charge in [0.2, 0.25) is 0 Å². The van der Waals surface area contributed by atoms with Crippen molar-refractivity contribution >= 4 is 29.9 Å². The molecule has 15 heavy (non-hydrogen) atoms. The Morgan fingerprint density at radius 3 is 2.47 bits per heavy atom. The number of allylic oxidation sites excluding steroid dienone is 1. The van der Waals surface area contributed by atoms with Gasteiger partial charge >= 0.3 is 0 Å². The monoisotopic (exact) mass is 250 g/mol. The Labute approximate surface area is 101 Å². The van der Waals surface area contributed by atoms with Crippen molar-refractivity contribution in [3.05, 3.63) is 10.6 Å². The molecule has 5 heteroatoms. The minimum absolute atomic E-state index is 0. The first-order valence-electron chi connectivity index (χ1n) is 5.16. The molecule has 1 N–H and O–H groups in total. The van der Waals surface area contributed by atoms with Crippen LogP contribution in [0.3, 0.4) is 0 Å². The number of hydrogen-bond donors (Lipinski definition) is 1. The molecule has 0 aromatic carbocycles. The summed E-state index contributed by atoms with van der Waals surface area (Å²) in [4.78, 5) is 13.9. The fourth-order valence-electron chi connectivity index (χ4n) is 1.99. The molecular formula is C10H16Cl2N2O. The lowest BCUT2D eigenvalue weighted by Gasteiger charge is -2.28. The topological polar surface area (TPSA) is 32.3 Å². The summed E-state index contributed by atoms with van der Waals surface area (Å²) in [7, 11) is 0. The molecular weight excluding hydrogens is 235 g/mol. The second kappa shape index (κ2) is 5.73. The molecule has 0 radical (unpaired) electrons. The van der Waals surface area contributed by atoms with Crippen LogP contribution in [-0.4, -0.2) is 37.0 Å². The Morgan fingerprint density at radius 2 is 1.93 bits per heavy atom. The summed E-state index contributed by atoms with van der Waals surface area (Å²) in [5, 5.41) is 4.01. The fraction of sp³-hybridized carbons (Fsp3) is 0.700. The quantitative estimate of drug-likeness (QED) is 0.766. The zero-order chi connectivity index (χ0) is 9.97. The van der Waals surface area contributed by atoms with E-state index in [0.717, 1.165) is 56.0 Å². The normalized spacial score (nSPS) is 21.5. The van der Waals surface area contributed by atoms with Gasteiger partial charge in [-0.1, -0.05) is 11.6 Å². The molecule has 1 amide bonds. The van der Waals surface area contributed by atoms with Crippen LogP contribution in [0.5, 0.6) is 0 Å². The summed E-state index contributed by atoms with van der Waals surface area (Å²) in [6.45, 7) is 3.42. The van der Waals surface area contributed by atoms with E-state index >= 15 is 0 Å². The molecule has 2 aliphatic rings. The third kappa shape index (κ3) is 2.86. The van der Waals surface area contributed by atoms with Gasteiger partial charge in [0.1, 0.15) is 0 Å². The highest BCUT2D eigenvalue weighted by Gasteiger charge is 2.24. The first kappa shape index (κ1) is 12.8. The molecule has 86 valence electrons. The number of amides is 1. The summed E-state index contributed by atoms with van der Waals surface area (Å²) in [6, 6.07) is 0. The molecule has 0 aromatic heterocycles. The Hall–Kier alpha value is -0.250. The van der Waals surface area contributed by atoms with Crippen molar-refractivity contribution in [2.75, 3.05) is 26.2 Å². The maximum absolute atomic E-state index is 12.0. The summed E-state index contributed by atoms with van der Waals surface area (Å²) in [5.74, 6) is 0.161. The lowest BCUT2D eigenvalue weighted by atomic mass is 10.2. The first-order valence-corrected chi connectivity index (χ1v) is 5.54. The van der Waals surface area contributed by atoms with Gasteiger partial charge in [0.15, 0.2) is 0 Å². The Bertz CT molecular complexity index is 273. The Morgan fingerprint density at radius 1 is 1.27 bits per heavy atom. The SMILES string of the molecule is Cl.O=C(C1=C(Cl)CCC1)N1CCNCC1. The van der Waals surface area contributed by atoms with E-state index in [1.54, 1.807) is 0 Å². The maximum Gasteiger partial charge on any atom is 0.251 e. The molecule has 1 saturated heterocycles. The van der Waals surface area contributed by atoms with Gasteiger partial charge in [-0.3, -0.25) is 4.79 Å². The summed E-state index contributed by atoms with van der Waals surface area (Å²) in [5.41, 5.74) is 0.855. The van der Waals surface area contributed by atoms with Gasteiger partial charge in [-0.15, -0.1) is 12.4 Å². The van der Waals surface area contributed by atoms with Gasteiger partial charge in [-0.05, 0) is 19.3 Å². The van der Waals surface area contributed by atoms with Crippen LogP contribution in [0.2, 0.25) is 0 Å². The van der Waals surface area contributed by atoms with Crippen molar-refractivity contribution in [1.82, 2.24) is 10.2 Å². The number of nitrogens with one attached hydrogen (secondary N) is 1. The van der Waals surface area contributed by atoms with E-state index in [1.165, 1.54) is 0 Å². The second-order valence-corrected chi connectivity index (χ2v) is 4.24. The van der Waals surface area contributed by atoms with Crippen LogP contribution >= 0.6 is 24.0 Å². The molecule has 1 fully saturated rings. The molecule has 0 unspecified atom stereocenters. The van der Waals surface area contributed by atoms with E-state index in [-0.39, 0.29) is 18.3 Å². The van der Waals surface area contributed by atoms with Crippen LogP contribution in [0.1, 0.15) is 19.3 Å². The maximum atomic E-state index is 12.0. The average molecular weight is 251 g/mol. The number of piperazine rings is 1.